The molecule has 0 saturated heterocycles. The van der Waals surface area contributed by atoms with Crippen molar-refractivity contribution < 1.29 is 0 Å². The summed E-state index contributed by atoms with van der Waals surface area (Å²) in [5.74, 6) is 0. The first-order valence-electron chi connectivity index (χ1n) is 8.20. The van der Waals surface area contributed by atoms with Crippen LogP contribution in [0, 0.1) is 0 Å². The minimum absolute atomic E-state index is 0.528. The monoisotopic (exact) mass is 291 g/mol. The quantitative estimate of drug-likeness (QED) is 0.715. The van der Waals surface area contributed by atoms with Gasteiger partial charge in [0.25, 0.3) is 0 Å². The summed E-state index contributed by atoms with van der Waals surface area (Å²) in [6.07, 6.45) is 1.23. The number of hydrogen-bond acceptors (Lipinski definition) is 3. The molecule has 0 spiro atoms. The SMILES string of the molecule is CCN(CCCN(C)C)Cc1ccccc1CNC(C)C. The number of benzene rings is 1. The van der Waals surface area contributed by atoms with Gasteiger partial charge in [-0.25, -0.2) is 0 Å². The van der Waals surface area contributed by atoms with Crippen molar-refractivity contribution in [3.8, 4) is 0 Å². The molecule has 1 aromatic rings. The van der Waals surface area contributed by atoms with Gasteiger partial charge in [0.1, 0.15) is 0 Å². The van der Waals surface area contributed by atoms with Crippen LogP contribution in [0.25, 0.3) is 0 Å². The van der Waals surface area contributed by atoms with Crippen LogP contribution in [0.1, 0.15) is 38.3 Å². The molecule has 1 N–H and O–H groups in total. The third-order valence-corrected chi connectivity index (χ3v) is 3.74. The summed E-state index contributed by atoms with van der Waals surface area (Å²) < 4.78 is 0. The topological polar surface area (TPSA) is 18.5 Å². The van der Waals surface area contributed by atoms with Crippen molar-refractivity contribution in [1.29, 1.82) is 0 Å². The lowest BCUT2D eigenvalue weighted by atomic mass is 10.1. The van der Waals surface area contributed by atoms with Gasteiger partial charge in [0.15, 0.2) is 0 Å². The molecule has 0 radical (unpaired) electrons. The molecular formula is C18H33N3. The molecule has 0 aliphatic carbocycles. The Morgan fingerprint density at radius 2 is 1.71 bits per heavy atom. The van der Waals surface area contributed by atoms with E-state index < -0.39 is 0 Å². The van der Waals surface area contributed by atoms with Crippen molar-refractivity contribution >= 4 is 0 Å². The third-order valence-electron chi connectivity index (χ3n) is 3.74. The van der Waals surface area contributed by atoms with Crippen LogP contribution in [0.2, 0.25) is 0 Å². The van der Waals surface area contributed by atoms with E-state index >= 15 is 0 Å². The lowest BCUT2D eigenvalue weighted by Crippen LogP contribution is -2.28. The highest BCUT2D eigenvalue weighted by Crippen LogP contribution is 2.12. The average Bonchev–Trinajstić information content (AvgIpc) is 2.44. The molecule has 21 heavy (non-hydrogen) atoms. The summed E-state index contributed by atoms with van der Waals surface area (Å²) in [5, 5.41) is 3.53. The van der Waals surface area contributed by atoms with E-state index in [1.54, 1.807) is 0 Å². The van der Waals surface area contributed by atoms with E-state index in [1.807, 2.05) is 0 Å². The maximum absolute atomic E-state index is 3.53. The Morgan fingerprint density at radius 1 is 1.05 bits per heavy atom. The van der Waals surface area contributed by atoms with Crippen LogP contribution in [0.5, 0.6) is 0 Å². The Kier molecular flexibility index (Phi) is 8.58. The fraction of sp³-hybridized carbons (Fsp3) is 0.667. The van der Waals surface area contributed by atoms with Crippen LogP contribution in [0.3, 0.4) is 0 Å². The molecule has 0 aromatic heterocycles. The van der Waals surface area contributed by atoms with Gasteiger partial charge in [0.2, 0.25) is 0 Å². The molecule has 0 bridgehead atoms. The smallest absolute Gasteiger partial charge is 0.0236 e. The first-order chi connectivity index (χ1) is 10.0. The van der Waals surface area contributed by atoms with Gasteiger partial charge in [-0.1, -0.05) is 45.0 Å². The van der Waals surface area contributed by atoms with Gasteiger partial charge >= 0.3 is 0 Å². The van der Waals surface area contributed by atoms with Crippen molar-refractivity contribution in [3.63, 3.8) is 0 Å². The highest BCUT2D eigenvalue weighted by molar-refractivity contribution is 5.27. The lowest BCUT2D eigenvalue weighted by molar-refractivity contribution is 0.258. The molecule has 1 rings (SSSR count). The summed E-state index contributed by atoms with van der Waals surface area (Å²) in [6, 6.07) is 9.34. The second-order valence-electron chi connectivity index (χ2n) is 6.33. The Balaban J connectivity index is 2.58. The van der Waals surface area contributed by atoms with Crippen LogP contribution in [-0.2, 0) is 13.1 Å². The highest BCUT2D eigenvalue weighted by Gasteiger charge is 2.08. The van der Waals surface area contributed by atoms with E-state index in [2.05, 4.69) is 74.2 Å². The largest absolute Gasteiger partial charge is 0.310 e. The van der Waals surface area contributed by atoms with Gasteiger partial charge in [-0.2, -0.15) is 0 Å². The van der Waals surface area contributed by atoms with Crippen molar-refractivity contribution in [2.75, 3.05) is 33.7 Å². The predicted octanol–water partition coefficient (Wildman–Crippen LogP) is 2.96. The van der Waals surface area contributed by atoms with E-state index in [-0.39, 0.29) is 0 Å². The lowest BCUT2D eigenvalue weighted by Gasteiger charge is -2.23. The molecule has 120 valence electrons. The molecular weight excluding hydrogens is 258 g/mol. The number of nitrogens with one attached hydrogen (secondary N) is 1. The van der Waals surface area contributed by atoms with Crippen LogP contribution >= 0.6 is 0 Å². The Labute approximate surface area is 131 Å². The van der Waals surface area contributed by atoms with Crippen LogP contribution < -0.4 is 5.32 Å². The molecule has 3 heteroatoms. The fourth-order valence-electron chi connectivity index (χ4n) is 2.40. The van der Waals surface area contributed by atoms with E-state index in [4.69, 9.17) is 0 Å². The molecule has 0 amide bonds. The average molecular weight is 291 g/mol. The zero-order chi connectivity index (χ0) is 15.7. The van der Waals surface area contributed by atoms with Gasteiger partial charge in [0.05, 0.1) is 0 Å². The van der Waals surface area contributed by atoms with E-state index in [9.17, 15) is 0 Å². The van der Waals surface area contributed by atoms with Gasteiger partial charge in [-0.05, 0) is 51.3 Å². The van der Waals surface area contributed by atoms with Crippen molar-refractivity contribution in [1.82, 2.24) is 15.1 Å². The second kappa shape index (κ2) is 9.93. The Bertz CT molecular complexity index is 388. The first kappa shape index (κ1) is 18.1. The Hall–Kier alpha value is -0.900. The standard InChI is InChI=1S/C18H33N3/c1-6-21(13-9-12-20(4)5)15-18-11-8-7-10-17(18)14-19-16(2)3/h7-8,10-11,16,19H,6,9,12-15H2,1-5H3. The maximum atomic E-state index is 3.53. The van der Waals surface area contributed by atoms with Crippen molar-refractivity contribution in [2.45, 2.75) is 46.3 Å². The maximum Gasteiger partial charge on any atom is 0.0236 e. The minimum atomic E-state index is 0.528. The minimum Gasteiger partial charge on any atom is -0.310 e. The molecule has 0 atom stereocenters. The van der Waals surface area contributed by atoms with E-state index in [0.717, 1.165) is 26.2 Å². The molecule has 1 aromatic carbocycles. The molecule has 0 fully saturated rings. The predicted molar refractivity (Wildman–Crippen MR) is 92.5 cm³/mol. The zero-order valence-electron chi connectivity index (χ0n) is 14.5. The molecule has 0 unspecified atom stereocenters. The van der Waals surface area contributed by atoms with Crippen LogP contribution in [0.4, 0.5) is 0 Å². The molecule has 0 aliphatic rings. The van der Waals surface area contributed by atoms with E-state index in [0.29, 0.717) is 6.04 Å². The number of hydrogen-bond donors (Lipinski definition) is 1. The molecule has 0 heterocycles. The van der Waals surface area contributed by atoms with Crippen molar-refractivity contribution in [3.05, 3.63) is 35.4 Å². The summed E-state index contributed by atoms with van der Waals surface area (Å²) in [7, 11) is 4.28. The van der Waals surface area contributed by atoms with Gasteiger partial charge in [0, 0.05) is 19.1 Å². The van der Waals surface area contributed by atoms with Gasteiger partial charge < -0.3 is 10.2 Å². The highest BCUT2D eigenvalue weighted by atomic mass is 15.1. The molecule has 0 aliphatic heterocycles. The fourth-order valence-corrected chi connectivity index (χ4v) is 2.40. The number of nitrogens with zero attached hydrogens (tertiary/aromatic N) is 2. The van der Waals surface area contributed by atoms with Crippen LogP contribution in [-0.4, -0.2) is 49.6 Å². The molecule has 3 nitrogen and oxygen atoms in total. The summed E-state index contributed by atoms with van der Waals surface area (Å²) in [5.41, 5.74) is 2.88. The normalized spacial score (nSPS) is 11.8. The summed E-state index contributed by atoms with van der Waals surface area (Å²) >= 11 is 0. The number of rotatable bonds is 10. The zero-order valence-corrected chi connectivity index (χ0v) is 14.5. The van der Waals surface area contributed by atoms with E-state index in [1.165, 1.54) is 24.1 Å². The summed E-state index contributed by atoms with van der Waals surface area (Å²) in [4.78, 5) is 4.80. The third kappa shape index (κ3) is 7.60. The summed E-state index contributed by atoms with van der Waals surface area (Å²) in [6.45, 7) is 12.1. The van der Waals surface area contributed by atoms with Crippen LogP contribution in [0.15, 0.2) is 24.3 Å². The Morgan fingerprint density at radius 3 is 2.29 bits per heavy atom. The second-order valence-corrected chi connectivity index (χ2v) is 6.33. The molecule has 0 saturated carbocycles. The van der Waals surface area contributed by atoms with Crippen molar-refractivity contribution in [2.24, 2.45) is 0 Å². The van der Waals surface area contributed by atoms with Gasteiger partial charge in [-0.15, -0.1) is 0 Å². The first-order valence-corrected chi connectivity index (χ1v) is 8.20. The van der Waals surface area contributed by atoms with Gasteiger partial charge in [-0.3, -0.25) is 4.90 Å².